The fraction of sp³-hybridized carbons (Fsp3) is 0.121. The normalized spacial score (nSPS) is 11.0. The molecule has 147 heavy (non-hydrogen) atoms. The first-order valence-corrected chi connectivity index (χ1v) is 47.6. The Balaban J connectivity index is 0.000000113. The predicted molar refractivity (Wildman–Crippen MR) is 582 cm³/mol. The molecule has 0 saturated carbocycles. The summed E-state index contributed by atoms with van der Waals surface area (Å²) in [6, 6.07) is 34.1. The van der Waals surface area contributed by atoms with Crippen molar-refractivity contribution in [2.24, 2.45) is 34.1 Å². The number of fused-ring (bicyclic) bond motifs is 8. The van der Waals surface area contributed by atoms with E-state index in [0.717, 1.165) is 139 Å². The lowest BCUT2D eigenvalue weighted by atomic mass is 10.1. The number of nitrogens with two attached hydrogens (primary N) is 7. The van der Waals surface area contributed by atoms with Gasteiger partial charge in [-0.2, -0.15) is 25.5 Å². The van der Waals surface area contributed by atoms with E-state index >= 15 is 0 Å². The number of nitrogen functional groups attached to an aromatic ring is 7. The molecule has 16 N–H and O–H groups in total. The Morgan fingerprint density at radius 1 is 0.327 bits per heavy atom. The van der Waals surface area contributed by atoms with Crippen LogP contribution in [0.4, 0.5) is 75.0 Å². The quantitative estimate of drug-likeness (QED) is 0.0430. The molecule has 0 aliphatic rings. The summed E-state index contributed by atoms with van der Waals surface area (Å²) >= 11 is 10.1. The zero-order valence-corrected chi connectivity index (χ0v) is 85.6. The molecule has 0 amide bonds. The Bertz CT molecular complexity index is 8850. The summed E-state index contributed by atoms with van der Waals surface area (Å²) in [5.74, 6) is 4.55. The molecule has 21 heterocycles. The zero-order chi connectivity index (χ0) is 103. The summed E-state index contributed by atoms with van der Waals surface area (Å²) < 4.78 is 26.9. The zero-order valence-electron chi connectivity index (χ0n) is 80.8. The van der Waals surface area contributed by atoms with E-state index in [1.165, 1.54) is 0 Å². The van der Waals surface area contributed by atoms with Crippen molar-refractivity contribution in [2.75, 3.05) is 88.8 Å². The van der Waals surface area contributed by atoms with Gasteiger partial charge in [0.25, 0.3) is 0 Å². The summed E-state index contributed by atoms with van der Waals surface area (Å²) in [4.78, 5) is 71.6. The summed E-state index contributed by atoms with van der Waals surface area (Å²) in [7, 11) is 15.6. The van der Waals surface area contributed by atoms with Crippen molar-refractivity contribution in [1.29, 1.82) is 0 Å². The molecule has 0 spiro atoms. The number of anilines is 13. The molecule has 0 atom stereocenters. The maximum Gasteiger partial charge on any atom is 0.181 e. The third kappa shape index (κ3) is 22.0. The van der Waals surface area contributed by atoms with Gasteiger partial charge in [-0.3, -0.25) is 54.2 Å². The fourth-order valence-electron chi connectivity index (χ4n) is 15.6. The van der Waals surface area contributed by atoms with Crippen molar-refractivity contribution in [3.63, 3.8) is 0 Å². The van der Waals surface area contributed by atoms with Crippen molar-refractivity contribution in [1.82, 2.24) is 164 Å². The van der Waals surface area contributed by atoms with E-state index in [9.17, 15) is 0 Å². The average Bonchev–Trinajstić information content (AvgIpc) is 1.63. The minimum Gasteiger partial charge on any atom is -0.399 e. The molecule has 4 aromatic carbocycles. The third-order valence-electron chi connectivity index (χ3n) is 22.6. The largest absolute Gasteiger partial charge is 0.399 e. The van der Waals surface area contributed by atoms with Gasteiger partial charge in [0.05, 0.1) is 109 Å². The second kappa shape index (κ2) is 43.3. The van der Waals surface area contributed by atoms with Crippen LogP contribution in [0.5, 0.6) is 0 Å². The Morgan fingerprint density at radius 2 is 0.741 bits per heavy atom. The van der Waals surface area contributed by atoms with Gasteiger partial charge in [0, 0.05) is 254 Å². The van der Waals surface area contributed by atoms with Crippen LogP contribution >= 0.6 is 47.8 Å². The van der Waals surface area contributed by atoms with Gasteiger partial charge in [-0.1, -0.05) is 68.4 Å². The number of aromatic nitrogens is 34. The lowest BCUT2D eigenvalue weighted by Gasteiger charge is -2.14. The molecule has 25 aromatic rings. The standard InChI is InChI=1S/C24H24N8.C21H25N7.C16H14N6.C10H9BrN6.C10H10N6.2C6H5BrN4.C6H6N4/c1-30(2)19-9-5-8-18(13-19)28-23-24-27-14-21(32(24)11-10-26-23)20-15-31(3)29-22(20)16-6-4-7-17(25)12-16;1-15(2)13-27-14-16(11-24-27)19-12-23-21-20(22-8-9-28(19)21)25-17-6-5-7-18(10-17)26(3)4;1-21-9-12(7-19-21)14-8-18-16-15(17)20-13(10-22(14)16)11-5-3-2-4-6-11;1-16-5-6(2-15-16)7-3-14-10-9(12)13-4-8(11)17(7)10;1-15-6-7(4-14-15)8-5-13-10-9(11)12-2-3-16(8)10;7-4-3-10-5(8)6-9-1-2-11(4)6;7-4-3-10-6-5(8)9-1-2-11(4)6;7-5-6-9-2-4-10(6)3-1-8-5/h4-15H,25H2,1-3H3,(H,26,28);5-12,14-15H,13H2,1-4H3,(H,22,25);2-10H,1H3,(H2,17,20);2-5H,1H3,(H2,12,13);2-6H,1H3,(H2,11,12);1-3H,(H2,8,10);1-3H,(H2,8,9);1-4H,(H2,7,8). The first-order valence-electron chi connectivity index (χ1n) is 45.3. The topological polar surface area (TPSA) is 543 Å². The van der Waals surface area contributed by atoms with Crippen LogP contribution < -0.4 is 60.6 Å². The van der Waals surface area contributed by atoms with Crippen molar-refractivity contribution in [2.45, 2.75) is 20.4 Å². The van der Waals surface area contributed by atoms with Crippen molar-refractivity contribution in [3.8, 4) is 78.8 Å². The fourth-order valence-corrected chi connectivity index (χ4v) is 16.9. The van der Waals surface area contributed by atoms with Crippen molar-refractivity contribution in [3.05, 3.63) is 315 Å². The van der Waals surface area contributed by atoms with Gasteiger partial charge in [-0.05, 0) is 102 Å². The van der Waals surface area contributed by atoms with Gasteiger partial charge in [0.1, 0.15) is 19.5 Å². The third-order valence-corrected chi connectivity index (χ3v) is 24.3. The number of imidazole rings is 8. The van der Waals surface area contributed by atoms with Gasteiger partial charge < -0.3 is 65.0 Å². The molecule has 21 aromatic heterocycles. The van der Waals surface area contributed by atoms with E-state index in [-0.39, 0.29) is 0 Å². The van der Waals surface area contributed by atoms with Gasteiger partial charge in [-0.25, -0.2) is 79.7 Å². The van der Waals surface area contributed by atoms with Gasteiger partial charge in [0.15, 0.2) is 91.7 Å². The highest BCUT2D eigenvalue weighted by Crippen LogP contribution is 2.37. The molecule has 0 fully saturated rings. The van der Waals surface area contributed by atoms with E-state index in [1.54, 1.807) is 124 Å². The second-order valence-electron chi connectivity index (χ2n) is 33.9. The highest BCUT2D eigenvalue weighted by Gasteiger charge is 2.22. The number of nitrogens with zero attached hydrogens (tertiary/aromatic N) is 36. The molecular formula is C99H98Br3N45. The van der Waals surface area contributed by atoms with E-state index in [2.05, 4.69) is 218 Å². The first-order chi connectivity index (χ1) is 71.1. The molecule has 0 aliphatic heterocycles. The number of rotatable bonds is 15. The van der Waals surface area contributed by atoms with E-state index in [1.807, 2.05) is 262 Å². The molecule has 740 valence electrons. The number of nitrogens with one attached hydrogen (secondary N) is 2. The number of hydrogen-bond acceptors (Lipinski definition) is 32. The highest BCUT2D eigenvalue weighted by molar-refractivity contribution is 9.11. The molecule has 0 saturated heterocycles. The number of aryl methyl sites for hydroxylation is 4. The van der Waals surface area contributed by atoms with Crippen LogP contribution in [-0.2, 0) is 34.7 Å². The maximum absolute atomic E-state index is 6.08. The minimum absolute atomic E-state index is 0.406. The Labute approximate surface area is 863 Å². The second-order valence-corrected chi connectivity index (χ2v) is 36.3. The van der Waals surface area contributed by atoms with Crippen LogP contribution in [0.2, 0.25) is 0 Å². The van der Waals surface area contributed by atoms with Crippen LogP contribution in [0.1, 0.15) is 13.8 Å². The first kappa shape index (κ1) is 98.3. The van der Waals surface area contributed by atoms with Gasteiger partial charge in [0.2, 0.25) is 0 Å². The van der Waals surface area contributed by atoms with E-state index < -0.39 is 0 Å². The predicted octanol–water partition coefficient (Wildman–Crippen LogP) is 15.3. The molecule has 48 heteroatoms. The van der Waals surface area contributed by atoms with Crippen molar-refractivity contribution >= 4 is 168 Å². The SMILES string of the molecule is CC(C)Cn1cc(-c2cnc3c(Nc4cccc(N(C)C)c4)nccn23)cn1.CN(C)c1cccc(Nc2nccn3c(-c4cn(C)nc4-c4cccc(N)c4)cnc23)c1.Cn1cc(-c2cnc3c(N)nc(-c4ccccc4)cn23)cn1.Cn1cc(-c2cnc3c(N)ncc(Br)n23)cn1.Cn1cc(-c2cnc3c(N)nccn23)cn1.Nc1ncc(Br)n2ccnc12.Nc1nccn2c(Br)cnc12.Nc1nccn2ccnc12. The molecule has 45 nitrogen and oxygen atoms in total. The number of hydrogen-bond donors (Lipinski definition) is 9. The van der Waals surface area contributed by atoms with Crippen LogP contribution in [0.3, 0.4) is 0 Å². The minimum atomic E-state index is 0.406. The highest BCUT2D eigenvalue weighted by atomic mass is 79.9. The van der Waals surface area contributed by atoms with Crippen LogP contribution in [0.25, 0.3) is 124 Å². The molecule has 0 aliphatic carbocycles. The molecule has 25 rings (SSSR count). The Hall–Kier alpha value is -18.9. The molecule has 0 unspecified atom stereocenters. The Morgan fingerprint density at radius 3 is 1.29 bits per heavy atom. The summed E-state index contributed by atoms with van der Waals surface area (Å²) in [6.45, 7) is 5.27. The van der Waals surface area contributed by atoms with Crippen LogP contribution in [0.15, 0.2) is 315 Å². The maximum atomic E-state index is 6.08. The van der Waals surface area contributed by atoms with Gasteiger partial charge >= 0.3 is 0 Å². The lowest BCUT2D eigenvalue weighted by molar-refractivity contribution is 0.483. The molecule has 0 bridgehead atoms. The number of benzene rings is 4. The lowest BCUT2D eigenvalue weighted by Crippen LogP contribution is -2.08. The van der Waals surface area contributed by atoms with E-state index in [0.29, 0.717) is 86.2 Å². The average molecular weight is 2160 g/mol. The van der Waals surface area contributed by atoms with Crippen molar-refractivity contribution < 1.29 is 0 Å². The summed E-state index contributed by atoms with van der Waals surface area (Å²) in [6.07, 6.45) is 57.9. The summed E-state index contributed by atoms with van der Waals surface area (Å²) in [5.41, 5.74) is 64.0. The van der Waals surface area contributed by atoms with Crippen LogP contribution in [-0.4, -0.2) is 192 Å². The molecule has 0 radical (unpaired) electrons. The van der Waals surface area contributed by atoms with Gasteiger partial charge in [-0.15, -0.1) is 0 Å². The Kier molecular flexibility index (Phi) is 29.0. The van der Waals surface area contributed by atoms with E-state index in [4.69, 9.17) is 40.1 Å². The van der Waals surface area contributed by atoms with Crippen LogP contribution in [0, 0.1) is 5.92 Å². The molecular weight excluding hydrogens is 2060 g/mol. The smallest absolute Gasteiger partial charge is 0.181 e. The number of halogens is 3. The monoisotopic (exact) mass is 2150 g/mol. The summed E-state index contributed by atoms with van der Waals surface area (Å²) in [5, 5.41) is 28.5.